The first-order valence-corrected chi connectivity index (χ1v) is 9.60. The van der Waals surface area contributed by atoms with E-state index in [-0.39, 0.29) is 28.7 Å². The Morgan fingerprint density at radius 1 is 1.37 bits per heavy atom. The molecule has 8 nitrogen and oxygen atoms in total. The molecule has 0 saturated heterocycles. The number of nitro groups is 1. The molecule has 1 aromatic carbocycles. The summed E-state index contributed by atoms with van der Waals surface area (Å²) in [5.74, 6) is -0.835. The maximum atomic E-state index is 12.8. The Kier molecular flexibility index (Phi) is 7.68. The molecule has 0 fully saturated rings. The maximum absolute atomic E-state index is 12.8. The molecule has 2 rings (SSSR count). The van der Waals surface area contributed by atoms with Crippen molar-refractivity contribution >= 4 is 45.6 Å². The molecule has 10 heteroatoms. The third-order valence-corrected chi connectivity index (χ3v) is 4.73. The van der Waals surface area contributed by atoms with Crippen molar-refractivity contribution in [1.82, 2.24) is 9.88 Å². The summed E-state index contributed by atoms with van der Waals surface area (Å²) in [6, 6.07) is 3.87. The van der Waals surface area contributed by atoms with Crippen LogP contribution in [-0.2, 0) is 4.79 Å². The standard InChI is InChI=1S/C17H19ClN4O4S/c1-2-3-4-8-21(11-15(23)20-17-19-7-9-27-17)16(24)12-5-6-13(18)14(10-12)22(25)26/h5-7,9-10H,2-4,8,11H2,1H3,(H,19,20,23). The maximum Gasteiger partial charge on any atom is 0.288 e. The number of rotatable bonds is 9. The largest absolute Gasteiger partial charge is 0.329 e. The molecular weight excluding hydrogens is 392 g/mol. The number of anilines is 1. The number of nitrogens with one attached hydrogen (secondary N) is 1. The predicted molar refractivity (Wildman–Crippen MR) is 104 cm³/mol. The Bertz CT molecular complexity index is 813. The minimum absolute atomic E-state index is 0.0457. The lowest BCUT2D eigenvalue weighted by Gasteiger charge is -2.22. The highest BCUT2D eigenvalue weighted by atomic mass is 35.5. The van der Waals surface area contributed by atoms with Gasteiger partial charge in [-0.15, -0.1) is 11.3 Å². The lowest BCUT2D eigenvalue weighted by molar-refractivity contribution is -0.384. The quantitative estimate of drug-likeness (QED) is 0.382. The van der Waals surface area contributed by atoms with E-state index in [9.17, 15) is 19.7 Å². The number of carbonyl (C=O) groups is 2. The zero-order chi connectivity index (χ0) is 19.8. The average Bonchev–Trinajstić information content (AvgIpc) is 3.13. The second-order valence-corrected chi connectivity index (χ2v) is 7.04. The fraction of sp³-hybridized carbons (Fsp3) is 0.353. The van der Waals surface area contributed by atoms with Crippen LogP contribution in [0.15, 0.2) is 29.8 Å². The molecule has 0 radical (unpaired) electrons. The van der Waals surface area contributed by atoms with E-state index in [0.29, 0.717) is 11.7 Å². The van der Waals surface area contributed by atoms with Gasteiger partial charge in [-0.2, -0.15) is 0 Å². The summed E-state index contributed by atoms with van der Waals surface area (Å²) in [7, 11) is 0. The Balaban J connectivity index is 2.16. The summed E-state index contributed by atoms with van der Waals surface area (Å²) < 4.78 is 0. The Hall–Kier alpha value is -2.52. The Labute approximate surface area is 165 Å². The van der Waals surface area contributed by atoms with Gasteiger partial charge >= 0.3 is 0 Å². The molecule has 144 valence electrons. The summed E-state index contributed by atoms with van der Waals surface area (Å²) in [5.41, 5.74) is -0.229. The molecule has 2 aromatic rings. The van der Waals surface area contributed by atoms with Gasteiger partial charge in [0.05, 0.1) is 4.92 Å². The van der Waals surface area contributed by atoms with Crippen molar-refractivity contribution in [2.45, 2.75) is 26.2 Å². The highest BCUT2D eigenvalue weighted by molar-refractivity contribution is 7.13. The summed E-state index contributed by atoms with van der Waals surface area (Å²) in [6.45, 7) is 2.23. The normalized spacial score (nSPS) is 10.4. The van der Waals surface area contributed by atoms with E-state index in [1.165, 1.54) is 28.4 Å². The number of unbranched alkanes of at least 4 members (excludes halogenated alkanes) is 2. The summed E-state index contributed by atoms with van der Waals surface area (Å²) in [6.07, 6.45) is 4.15. The number of nitrogens with zero attached hydrogens (tertiary/aromatic N) is 3. The van der Waals surface area contributed by atoms with Crippen LogP contribution >= 0.6 is 22.9 Å². The van der Waals surface area contributed by atoms with Crippen molar-refractivity contribution in [3.05, 3.63) is 50.5 Å². The van der Waals surface area contributed by atoms with E-state index in [4.69, 9.17) is 11.6 Å². The van der Waals surface area contributed by atoms with E-state index in [1.54, 1.807) is 11.6 Å². The first-order chi connectivity index (χ1) is 12.9. The van der Waals surface area contributed by atoms with Crippen LogP contribution in [0, 0.1) is 10.1 Å². The number of benzene rings is 1. The minimum Gasteiger partial charge on any atom is -0.329 e. The van der Waals surface area contributed by atoms with Gasteiger partial charge < -0.3 is 10.2 Å². The van der Waals surface area contributed by atoms with Gasteiger partial charge in [0.15, 0.2) is 5.13 Å². The number of amides is 2. The molecule has 0 atom stereocenters. The monoisotopic (exact) mass is 410 g/mol. The molecule has 1 N–H and O–H groups in total. The molecule has 0 spiro atoms. The molecule has 27 heavy (non-hydrogen) atoms. The van der Waals surface area contributed by atoms with Gasteiger partial charge in [-0.25, -0.2) is 4.98 Å². The average molecular weight is 411 g/mol. The molecule has 0 aliphatic heterocycles. The summed E-state index contributed by atoms with van der Waals surface area (Å²) in [5, 5.41) is 15.8. The third-order valence-electron chi connectivity index (χ3n) is 3.72. The molecule has 1 heterocycles. The van der Waals surface area contributed by atoms with Gasteiger partial charge in [0.2, 0.25) is 5.91 Å². The number of carbonyl (C=O) groups excluding carboxylic acids is 2. The van der Waals surface area contributed by atoms with Gasteiger partial charge in [0, 0.05) is 29.8 Å². The molecule has 0 aliphatic carbocycles. The molecule has 0 bridgehead atoms. The van der Waals surface area contributed by atoms with Crippen LogP contribution in [-0.4, -0.2) is 39.7 Å². The predicted octanol–water partition coefficient (Wildman–Crippen LogP) is 3.98. The lowest BCUT2D eigenvalue weighted by atomic mass is 10.1. The van der Waals surface area contributed by atoms with Crippen LogP contribution in [0.1, 0.15) is 36.5 Å². The van der Waals surface area contributed by atoms with Crippen molar-refractivity contribution in [1.29, 1.82) is 0 Å². The minimum atomic E-state index is -0.643. The summed E-state index contributed by atoms with van der Waals surface area (Å²) >= 11 is 7.08. The number of hydrogen-bond acceptors (Lipinski definition) is 6. The van der Waals surface area contributed by atoms with Gasteiger partial charge in [0.1, 0.15) is 11.6 Å². The summed E-state index contributed by atoms with van der Waals surface area (Å²) in [4.78, 5) is 40.9. The van der Waals surface area contributed by atoms with Crippen LogP contribution in [0.3, 0.4) is 0 Å². The smallest absolute Gasteiger partial charge is 0.288 e. The van der Waals surface area contributed by atoms with E-state index in [1.807, 2.05) is 6.92 Å². The van der Waals surface area contributed by atoms with Crippen molar-refractivity contribution in [2.75, 3.05) is 18.4 Å². The van der Waals surface area contributed by atoms with Crippen molar-refractivity contribution in [2.24, 2.45) is 0 Å². The lowest BCUT2D eigenvalue weighted by Crippen LogP contribution is -2.38. The molecule has 0 saturated carbocycles. The molecule has 0 aliphatic rings. The fourth-order valence-electron chi connectivity index (χ4n) is 2.39. The van der Waals surface area contributed by atoms with Crippen LogP contribution in [0.2, 0.25) is 5.02 Å². The number of thiazole rings is 1. The zero-order valence-electron chi connectivity index (χ0n) is 14.7. The van der Waals surface area contributed by atoms with E-state index >= 15 is 0 Å². The Morgan fingerprint density at radius 2 is 2.15 bits per heavy atom. The van der Waals surface area contributed by atoms with Crippen molar-refractivity contribution < 1.29 is 14.5 Å². The molecule has 2 amide bonds. The first kappa shape index (κ1) is 20.8. The number of hydrogen-bond donors (Lipinski definition) is 1. The third kappa shape index (κ3) is 6.00. The molecular formula is C17H19ClN4O4S. The van der Waals surface area contributed by atoms with E-state index in [0.717, 1.165) is 25.3 Å². The number of nitro benzene ring substituents is 1. The highest BCUT2D eigenvalue weighted by Gasteiger charge is 2.22. The van der Waals surface area contributed by atoms with Gasteiger partial charge in [-0.3, -0.25) is 19.7 Å². The van der Waals surface area contributed by atoms with Crippen LogP contribution in [0.25, 0.3) is 0 Å². The van der Waals surface area contributed by atoms with Gasteiger partial charge in [-0.1, -0.05) is 31.4 Å². The van der Waals surface area contributed by atoms with E-state index in [2.05, 4.69) is 10.3 Å². The van der Waals surface area contributed by atoms with Crippen LogP contribution < -0.4 is 5.32 Å². The Morgan fingerprint density at radius 3 is 2.78 bits per heavy atom. The zero-order valence-corrected chi connectivity index (χ0v) is 16.3. The number of aromatic nitrogens is 1. The molecule has 1 aromatic heterocycles. The van der Waals surface area contributed by atoms with Crippen LogP contribution in [0.5, 0.6) is 0 Å². The second kappa shape index (κ2) is 9.98. The highest BCUT2D eigenvalue weighted by Crippen LogP contribution is 2.25. The first-order valence-electron chi connectivity index (χ1n) is 8.35. The topological polar surface area (TPSA) is 105 Å². The van der Waals surface area contributed by atoms with Gasteiger partial charge in [0.25, 0.3) is 11.6 Å². The van der Waals surface area contributed by atoms with Gasteiger partial charge in [-0.05, 0) is 18.6 Å². The van der Waals surface area contributed by atoms with E-state index < -0.39 is 10.8 Å². The molecule has 0 unspecified atom stereocenters. The fourth-order valence-corrected chi connectivity index (χ4v) is 3.12. The van der Waals surface area contributed by atoms with Crippen molar-refractivity contribution in [3.63, 3.8) is 0 Å². The SMILES string of the molecule is CCCCCN(CC(=O)Nc1nccs1)C(=O)c1ccc(Cl)c([N+](=O)[O-])c1. The van der Waals surface area contributed by atoms with Crippen LogP contribution in [0.4, 0.5) is 10.8 Å². The number of halogens is 1. The van der Waals surface area contributed by atoms with Crippen molar-refractivity contribution in [3.8, 4) is 0 Å². The second-order valence-electron chi connectivity index (χ2n) is 5.74.